The Morgan fingerprint density at radius 3 is 2.91 bits per heavy atom. The van der Waals surface area contributed by atoms with E-state index >= 15 is 0 Å². The van der Waals surface area contributed by atoms with Gasteiger partial charge in [0.25, 0.3) is 0 Å². The second-order valence-corrected chi connectivity index (χ2v) is 2.21. The van der Waals surface area contributed by atoms with Crippen molar-refractivity contribution in [2.24, 2.45) is 7.05 Å². The summed E-state index contributed by atoms with van der Waals surface area (Å²) in [5.41, 5.74) is 0.766. The second kappa shape index (κ2) is 3.02. The Morgan fingerprint density at radius 1 is 1.73 bits per heavy atom. The molecule has 0 fully saturated rings. The van der Waals surface area contributed by atoms with Crippen molar-refractivity contribution in [2.75, 3.05) is 0 Å². The lowest BCUT2D eigenvalue weighted by molar-refractivity contribution is -0.111. The van der Waals surface area contributed by atoms with Crippen LogP contribution in [0.1, 0.15) is 12.5 Å². The smallest absolute Gasteiger partial charge is 0.202 e. The molecule has 0 aromatic carbocycles. The predicted octanol–water partition coefficient (Wildman–Crippen LogP) is 0.361. The summed E-state index contributed by atoms with van der Waals surface area (Å²) in [6, 6.07) is 0. The van der Waals surface area contributed by atoms with E-state index in [1.165, 1.54) is 6.92 Å². The van der Waals surface area contributed by atoms with Gasteiger partial charge in [-0.2, -0.15) is 5.10 Å². The zero-order valence-corrected chi connectivity index (χ0v) is 6.46. The fraction of sp³-hybridized carbons (Fsp3) is 0.250. The van der Waals surface area contributed by atoms with Gasteiger partial charge in [-0.25, -0.2) is 0 Å². The minimum absolute atomic E-state index is 0.131. The molecule has 1 heterocycles. The number of hydrogen-bond donors (Lipinski definition) is 0. The van der Waals surface area contributed by atoms with Gasteiger partial charge in [-0.05, 0) is 5.92 Å². The van der Waals surface area contributed by atoms with Crippen molar-refractivity contribution in [3.63, 3.8) is 0 Å². The lowest BCUT2D eigenvalue weighted by Gasteiger charge is -1.79. The molecule has 0 spiro atoms. The van der Waals surface area contributed by atoms with Gasteiger partial charge in [0.05, 0.1) is 11.8 Å². The van der Waals surface area contributed by atoms with E-state index in [-0.39, 0.29) is 5.78 Å². The van der Waals surface area contributed by atoms with Crippen LogP contribution in [0.2, 0.25) is 0 Å². The molecule has 0 aliphatic rings. The molecule has 0 atom stereocenters. The topological polar surface area (TPSA) is 34.9 Å². The van der Waals surface area contributed by atoms with Gasteiger partial charge >= 0.3 is 0 Å². The van der Waals surface area contributed by atoms with Crippen LogP contribution in [0.5, 0.6) is 0 Å². The number of Topliss-reactive ketones (excluding diaryl/α,β-unsaturated/α-hetero) is 1. The standard InChI is InChI=1S/C8H8N2O/c1-7(11)3-4-8-5-9-10(2)6-8/h5-6H,1-2H3. The number of aromatic nitrogens is 2. The van der Waals surface area contributed by atoms with Crippen LogP contribution in [0.4, 0.5) is 0 Å². The summed E-state index contributed by atoms with van der Waals surface area (Å²) in [4.78, 5) is 10.4. The Kier molecular flexibility index (Phi) is 2.07. The monoisotopic (exact) mass is 148 g/mol. The molecule has 0 N–H and O–H groups in total. The summed E-state index contributed by atoms with van der Waals surface area (Å²) < 4.78 is 1.64. The molecule has 3 nitrogen and oxygen atoms in total. The number of aryl methyl sites for hydroxylation is 1. The average molecular weight is 148 g/mol. The van der Waals surface area contributed by atoms with E-state index in [0.29, 0.717) is 0 Å². The minimum Gasteiger partial charge on any atom is -0.285 e. The zero-order chi connectivity index (χ0) is 8.27. The van der Waals surface area contributed by atoms with E-state index in [2.05, 4.69) is 16.9 Å². The number of hydrogen-bond acceptors (Lipinski definition) is 2. The van der Waals surface area contributed by atoms with Gasteiger partial charge in [0.15, 0.2) is 0 Å². The maximum absolute atomic E-state index is 10.4. The summed E-state index contributed by atoms with van der Waals surface area (Å²) in [6.45, 7) is 1.43. The van der Waals surface area contributed by atoms with Crippen LogP contribution in [0, 0.1) is 11.8 Å². The normalized spacial score (nSPS) is 8.55. The maximum atomic E-state index is 10.4. The molecule has 0 unspecified atom stereocenters. The summed E-state index contributed by atoms with van der Waals surface area (Å²) in [5.74, 6) is 4.98. The summed E-state index contributed by atoms with van der Waals surface area (Å²) in [7, 11) is 1.80. The number of rotatable bonds is 0. The number of nitrogens with zero attached hydrogens (tertiary/aromatic N) is 2. The molecule has 0 saturated carbocycles. The van der Waals surface area contributed by atoms with Crippen molar-refractivity contribution in [1.29, 1.82) is 0 Å². The van der Waals surface area contributed by atoms with E-state index in [1.54, 1.807) is 24.1 Å². The second-order valence-electron chi connectivity index (χ2n) is 2.21. The Labute approximate surface area is 65.0 Å². The largest absolute Gasteiger partial charge is 0.285 e. The first-order chi connectivity index (χ1) is 5.18. The first-order valence-electron chi connectivity index (χ1n) is 3.20. The van der Waals surface area contributed by atoms with Crippen LogP contribution in [-0.4, -0.2) is 15.6 Å². The van der Waals surface area contributed by atoms with Crippen LogP contribution in [0.3, 0.4) is 0 Å². The van der Waals surface area contributed by atoms with Crippen molar-refractivity contribution >= 4 is 5.78 Å². The molecule has 11 heavy (non-hydrogen) atoms. The molecule has 1 aromatic heterocycles. The van der Waals surface area contributed by atoms with Crippen molar-refractivity contribution in [1.82, 2.24) is 9.78 Å². The number of ketones is 1. The zero-order valence-electron chi connectivity index (χ0n) is 6.46. The van der Waals surface area contributed by atoms with Crippen LogP contribution >= 0.6 is 0 Å². The summed E-state index contributed by atoms with van der Waals surface area (Å²) >= 11 is 0. The van der Waals surface area contributed by atoms with Gasteiger partial charge in [-0.15, -0.1) is 0 Å². The maximum Gasteiger partial charge on any atom is 0.202 e. The Bertz CT molecular complexity index is 327. The van der Waals surface area contributed by atoms with Gasteiger partial charge in [0, 0.05) is 20.2 Å². The average Bonchev–Trinajstić information content (AvgIpc) is 2.31. The molecule has 3 heteroatoms. The third-order valence-electron chi connectivity index (χ3n) is 1.09. The third-order valence-corrected chi connectivity index (χ3v) is 1.09. The Hall–Kier alpha value is -1.56. The van der Waals surface area contributed by atoms with Crippen LogP contribution in [-0.2, 0) is 11.8 Å². The van der Waals surface area contributed by atoms with Crippen molar-refractivity contribution in [3.05, 3.63) is 18.0 Å². The van der Waals surface area contributed by atoms with Gasteiger partial charge in [-0.3, -0.25) is 9.48 Å². The van der Waals surface area contributed by atoms with Crippen molar-refractivity contribution in [2.45, 2.75) is 6.92 Å². The lowest BCUT2D eigenvalue weighted by atomic mass is 10.3. The highest BCUT2D eigenvalue weighted by atomic mass is 16.1. The number of carbonyl (C=O) groups is 1. The third kappa shape index (κ3) is 2.26. The molecule has 56 valence electrons. The highest BCUT2D eigenvalue weighted by Crippen LogP contribution is 1.91. The molecule has 0 bridgehead atoms. The predicted molar refractivity (Wildman–Crippen MR) is 40.8 cm³/mol. The molecular formula is C8H8N2O. The van der Waals surface area contributed by atoms with E-state index in [4.69, 9.17) is 0 Å². The molecule has 0 aliphatic carbocycles. The van der Waals surface area contributed by atoms with Gasteiger partial charge < -0.3 is 0 Å². The van der Waals surface area contributed by atoms with Crippen molar-refractivity contribution < 1.29 is 4.79 Å². The summed E-state index contributed by atoms with van der Waals surface area (Å²) in [6.07, 6.45) is 3.38. The Morgan fingerprint density at radius 2 is 2.45 bits per heavy atom. The van der Waals surface area contributed by atoms with Gasteiger partial charge in [-0.1, -0.05) is 5.92 Å². The van der Waals surface area contributed by atoms with E-state index < -0.39 is 0 Å². The molecule has 0 amide bonds. The molecule has 0 aliphatic heterocycles. The lowest BCUT2D eigenvalue weighted by Crippen LogP contribution is -1.84. The van der Waals surface area contributed by atoms with Gasteiger partial charge in [0.2, 0.25) is 5.78 Å². The molecule has 0 radical (unpaired) electrons. The van der Waals surface area contributed by atoms with Crippen molar-refractivity contribution in [3.8, 4) is 11.8 Å². The molecule has 1 aromatic rings. The molecule has 0 saturated heterocycles. The fourth-order valence-electron chi connectivity index (χ4n) is 0.646. The summed E-state index contributed by atoms with van der Waals surface area (Å²) in [5, 5.41) is 3.90. The van der Waals surface area contributed by atoms with E-state index in [0.717, 1.165) is 5.56 Å². The first-order valence-corrected chi connectivity index (χ1v) is 3.20. The van der Waals surface area contributed by atoms with E-state index in [9.17, 15) is 4.79 Å². The van der Waals surface area contributed by atoms with Crippen LogP contribution in [0.15, 0.2) is 12.4 Å². The van der Waals surface area contributed by atoms with Gasteiger partial charge in [0.1, 0.15) is 0 Å². The quantitative estimate of drug-likeness (QED) is 0.498. The molecule has 1 rings (SSSR count). The highest BCUT2D eigenvalue weighted by molar-refractivity contribution is 5.93. The minimum atomic E-state index is -0.131. The van der Waals surface area contributed by atoms with E-state index in [1.807, 2.05) is 0 Å². The molecular weight excluding hydrogens is 140 g/mol. The fourth-order valence-corrected chi connectivity index (χ4v) is 0.646. The van der Waals surface area contributed by atoms with Crippen LogP contribution < -0.4 is 0 Å². The van der Waals surface area contributed by atoms with Crippen LogP contribution in [0.25, 0.3) is 0 Å². The highest BCUT2D eigenvalue weighted by Gasteiger charge is 1.88. The number of carbonyl (C=O) groups excluding carboxylic acids is 1. The first kappa shape index (κ1) is 7.55. The Balaban J connectivity index is 2.82. The SMILES string of the molecule is CC(=O)C#Cc1cnn(C)c1.